The first-order valence-corrected chi connectivity index (χ1v) is 6.41. The number of nitrogens with two attached hydrogens (primary N) is 1. The zero-order valence-corrected chi connectivity index (χ0v) is 9.76. The van der Waals surface area contributed by atoms with Crippen LogP contribution in [0.25, 0.3) is 0 Å². The van der Waals surface area contributed by atoms with Gasteiger partial charge in [-0.25, -0.2) is 0 Å². The molecule has 4 heteroatoms. The monoisotopic (exact) mass is 213 g/mol. The molecule has 0 aliphatic carbocycles. The lowest BCUT2D eigenvalue weighted by molar-refractivity contribution is 0.644. The van der Waals surface area contributed by atoms with Gasteiger partial charge in [0, 0.05) is 18.8 Å². The topological polar surface area (TPSA) is 43.8 Å². The molecule has 0 radical (unpaired) electrons. The van der Waals surface area contributed by atoms with Crippen LogP contribution in [0.5, 0.6) is 0 Å². The first-order valence-electron chi connectivity index (χ1n) is 5.02. The predicted octanol–water partition coefficient (Wildman–Crippen LogP) is 1.53. The Balaban J connectivity index is 2.35. The van der Waals surface area contributed by atoms with Gasteiger partial charge in [0.05, 0.1) is 6.20 Å². The van der Waals surface area contributed by atoms with Crippen molar-refractivity contribution in [3.63, 3.8) is 0 Å². The van der Waals surface area contributed by atoms with Gasteiger partial charge in [0.2, 0.25) is 0 Å². The number of aromatic nitrogens is 2. The summed E-state index contributed by atoms with van der Waals surface area (Å²) in [7, 11) is 0. The van der Waals surface area contributed by atoms with Gasteiger partial charge in [0.1, 0.15) is 0 Å². The Morgan fingerprint density at radius 1 is 1.64 bits per heavy atom. The maximum atomic E-state index is 5.99. The van der Waals surface area contributed by atoms with Crippen molar-refractivity contribution in [2.45, 2.75) is 32.4 Å². The Morgan fingerprint density at radius 3 is 3.00 bits per heavy atom. The predicted molar refractivity (Wildman–Crippen MR) is 62.6 cm³/mol. The van der Waals surface area contributed by atoms with Crippen molar-refractivity contribution in [1.82, 2.24) is 9.78 Å². The molecule has 0 aliphatic rings. The molecule has 0 saturated carbocycles. The number of nitrogens with zero attached hydrogens (tertiary/aromatic N) is 2. The largest absolute Gasteiger partial charge is 0.327 e. The maximum Gasteiger partial charge on any atom is 0.0522 e. The lowest BCUT2D eigenvalue weighted by Gasteiger charge is -2.08. The molecule has 2 N–H and O–H groups in total. The van der Waals surface area contributed by atoms with Crippen LogP contribution in [0, 0.1) is 0 Å². The van der Waals surface area contributed by atoms with Gasteiger partial charge < -0.3 is 5.73 Å². The molecule has 1 unspecified atom stereocenters. The summed E-state index contributed by atoms with van der Waals surface area (Å²) in [4.78, 5) is 0. The Hall–Kier alpha value is -0.480. The minimum Gasteiger partial charge on any atom is -0.327 e. The highest BCUT2D eigenvalue weighted by molar-refractivity contribution is 7.98. The van der Waals surface area contributed by atoms with Gasteiger partial charge in [-0.3, -0.25) is 4.68 Å². The third-order valence-electron chi connectivity index (χ3n) is 2.20. The molecular formula is C10H19N3S. The van der Waals surface area contributed by atoms with Crippen molar-refractivity contribution in [3.05, 3.63) is 18.0 Å². The summed E-state index contributed by atoms with van der Waals surface area (Å²) in [6.07, 6.45) is 8.14. The van der Waals surface area contributed by atoms with Gasteiger partial charge in [-0.2, -0.15) is 16.9 Å². The van der Waals surface area contributed by atoms with Crippen molar-refractivity contribution in [2.75, 3.05) is 12.0 Å². The van der Waals surface area contributed by atoms with Crippen LogP contribution in [0.4, 0.5) is 0 Å². The van der Waals surface area contributed by atoms with Crippen LogP contribution in [-0.2, 0) is 13.0 Å². The fraction of sp³-hybridized carbons (Fsp3) is 0.700. The fourth-order valence-electron chi connectivity index (χ4n) is 1.36. The second-order valence-corrected chi connectivity index (χ2v) is 4.44. The van der Waals surface area contributed by atoms with E-state index in [1.54, 1.807) is 0 Å². The molecule has 0 bridgehead atoms. The second-order valence-electron chi connectivity index (χ2n) is 3.45. The van der Waals surface area contributed by atoms with Crippen molar-refractivity contribution >= 4 is 11.8 Å². The summed E-state index contributed by atoms with van der Waals surface area (Å²) in [5.74, 6) is 1.14. The Labute approximate surface area is 90.1 Å². The van der Waals surface area contributed by atoms with Crippen molar-refractivity contribution < 1.29 is 0 Å². The van der Waals surface area contributed by atoms with E-state index < -0.39 is 0 Å². The summed E-state index contributed by atoms with van der Waals surface area (Å²) < 4.78 is 1.94. The quantitative estimate of drug-likeness (QED) is 0.779. The highest BCUT2D eigenvalue weighted by Crippen LogP contribution is 2.06. The molecule has 0 aliphatic heterocycles. The Bertz CT molecular complexity index is 260. The fourth-order valence-corrected chi connectivity index (χ4v) is 1.90. The van der Waals surface area contributed by atoms with E-state index in [-0.39, 0.29) is 6.04 Å². The molecule has 3 nitrogen and oxygen atoms in total. The number of rotatable bonds is 6. The van der Waals surface area contributed by atoms with E-state index >= 15 is 0 Å². The van der Waals surface area contributed by atoms with Gasteiger partial charge in [-0.15, -0.1) is 0 Å². The second kappa shape index (κ2) is 6.09. The van der Waals surface area contributed by atoms with Gasteiger partial charge in [0.15, 0.2) is 0 Å². The van der Waals surface area contributed by atoms with Gasteiger partial charge in [0.25, 0.3) is 0 Å². The third-order valence-corrected chi connectivity index (χ3v) is 2.85. The maximum absolute atomic E-state index is 5.99. The smallest absolute Gasteiger partial charge is 0.0522 e. The van der Waals surface area contributed by atoms with E-state index in [2.05, 4.69) is 24.5 Å². The van der Waals surface area contributed by atoms with Crippen LogP contribution < -0.4 is 5.73 Å². The summed E-state index contributed by atoms with van der Waals surface area (Å²) in [6, 6.07) is 0.275. The minimum atomic E-state index is 0.275. The van der Waals surface area contributed by atoms with Crippen LogP contribution in [0.15, 0.2) is 12.4 Å². The van der Waals surface area contributed by atoms with Crippen LogP contribution in [-0.4, -0.2) is 27.8 Å². The molecule has 1 heterocycles. The summed E-state index contributed by atoms with van der Waals surface area (Å²) in [6.45, 7) is 3.02. The number of hydrogen-bond donors (Lipinski definition) is 1. The van der Waals surface area contributed by atoms with Crippen LogP contribution in [0.1, 0.15) is 18.9 Å². The SMILES string of the molecule is CCn1cc(CC(N)CCSC)cn1. The van der Waals surface area contributed by atoms with E-state index in [1.165, 1.54) is 5.56 Å². The summed E-state index contributed by atoms with van der Waals surface area (Å²) in [5, 5.41) is 4.22. The van der Waals surface area contributed by atoms with Crippen molar-refractivity contribution in [2.24, 2.45) is 5.73 Å². The van der Waals surface area contributed by atoms with Crippen molar-refractivity contribution in [3.8, 4) is 0 Å². The molecule has 80 valence electrons. The number of hydrogen-bond acceptors (Lipinski definition) is 3. The summed E-state index contributed by atoms with van der Waals surface area (Å²) >= 11 is 1.85. The molecule has 0 aromatic carbocycles. The molecule has 0 spiro atoms. The Morgan fingerprint density at radius 2 is 2.43 bits per heavy atom. The third kappa shape index (κ3) is 3.72. The van der Waals surface area contributed by atoms with E-state index in [4.69, 9.17) is 5.73 Å². The average molecular weight is 213 g/mol. The highest BCUT2D eigenvalue weighted by Gasteiger charge is 2.05. The standard InChI is InChI=1S/C10H19N3S/c1-3-13-8-9(7-12-13)6-10(11)4-5-14-2/h7-8,10H,3-6,11H2,1-2H3. The zero-order valence-electron chi connectivity index (χ0n) is 8.94. The number of aryl methyl sites for hydroxylation is 1. The van der Waals surface area contributed by atoms with E-state index in [9.17, 15) is 0 Å². The van der Waals surface area contributed by atoms with Crippen molar-refractivity contribution in [1.29, 1.82) is 0 Å². The zero-order chi connectivity index (χ0) is 10.4. The summed E-state index contributed by atoms with van der Waals surface area (Å²) in [5.41, 5.74) is 7.24. The van der Waals surface area contributed by atoms with Gasteiger partial charge in [-0.1, -0.05) is 0 Å². The van der Waals surface area contributed by atoms with E-state index in [1.807, 2.05) is 22.6 Å². The lowest BCUT2D eigenvalue weighted by atomic mass is 10.1. The first kappa shape index (κ1) is 11.6. The van der Waals surface area contributed by atoms with E-state index in [0.29, 0.717) is 0 Å². The molecular weight excluding hydrogens is 194 g/mol. The van der Waals surface area contributed by atoms with Gasteiger partial charge >= 0.3 is 0 Å². The molecule has 1 aromatic rings. The van der Waals surface area contributed by atoms with E-state index in [0.717, 1.165) is 25.1 Å². The first-order chi connectivity index (χ1) is 6.76. The molecule has 0 amide bonds. The average Bonchev–Trinajstić information content (AvgIpc) is 2.62. The minimum absolute atomic E-state index is 0.275. The van der Waals surface area contributed by atoms with Crippen LogP contribution in [0.2, 0.25) is 0 Å². The molecule has 1 atom stereocenters. The van der Waals surface area contributed by atoms with Crippen LogP contribution in [0.3, 0.4) is 0 Å². The van der Waals surface area contributed by atoms with Gasteiger partial charge in [-0.05, 0) is 37.3 Å². The molecule has 0 fully saturated rings. The molecule has 0 saturated heterocycles. The molecule has 1 rings (SSSR count). The molecule has 14 heavy (non-hydrogen) atoms. The lowest BCUT2D eigenvalue weighted by Crippen LogP contribution is -2.23. The highest BCUT2D eigenvalue weighted by atomic mass is 32.2. The normalized spacial score (nSPS) is 13.1. The Kier molecular flexibility index (Phi) is 5.04. The molecule has 1 aromatic heterocycles. The van der Waals surface area contributed by atoms with Crippen LogP contribution >= 0.6 is 11.8 Å². The number of thioether (sulfide) groups is 1.